The van der Waals surface area contributed by atoms with E-state index in [0.717, 1.165) is 29.6 Å². The van der Waals surface area contributed by atoms with Gasteiger partial charge in [0.25, 0.3) is 5.56 Å². The number of thioether (sulfide) groups is 1. The Morgan fingerprint density at radius 2 is 1.84 bits per heavy atom. The summed E-state index contributed by atoms with van der Waals surface area (Å²) in [6.45, 7) is 0. The number of para-hydroxylation sites is 1. The van der Waals surface area contributed by atoms with Crippen LogP contribution < -0.4 is 9.74 Å². The molecular formula is C17H12F3N3O6S2. The quantitative estimate of drug-likeness (QED) is 0.180. The molecule has 0 saturated heterocycles. The Labute approximate surface area is 177 Å². The molecule has 0 aliphatic carbocycles. The van der Waals surface area contributed by atoms with E-state index in [0.29, 0.717) is 0 Å². The zero-order valence-electron chi connectivity index (χ0n) is 15.7. The monoisotopic (exact) mass is 475 g/mol. The molecule has 2 aromatic heterocycles. The van der Waals surface area contributed by atoms with Crippen LogP contribution in [0.5, 0.6) is 5.75 Å². The molecular weight excluding hydrogens is 463 g/mol. The highest BCUT2D eigenvalue weighted by molar-refractivity contribution is 7.98. The van der Waals surface area contributed by atoms with Gasteiger partial charge in [-0.1, -0.05) is 30.0 Å². The number of fused-ring (bicyclic) bond motifs is 1. The molecule has 0 fully saturated rings. The number of benzene rings is 1. The summed E-state index contributed by atoms with van der Waals surface area (Å²) < 4.78 is 71.8. The average molecular weight is 475 g/mol. The Bertz CT molecular complexity index is 1320. The number of halogens is 3. The van der Waals surface area contributed by atoms with E-state index in [2.05, 4.69) is 18.9 Å². The molecule has 0 radical (unpaired) electrons. The second-order valence-electron chi connectivity index (χ2n) is 5.75. The number of ether oxygens (including phenoxy) is 1. The van der Waals surface area contributed by atoms with Gasteiger partial charge < -0.3 is 8.92 Å². The van der Waals surface area contributed by atoms with Gasteiger partial charge in [-0.3, -0.25) is 9.36 Å². The number of methoxy groups -OCH3 is 1. The van der Waals surface area contributed by atoms with Crippen molar-refractivity contribution in [3.8, 4) is 11.4 Å². The number of carbonyl (C=O) groups excluding carboxylic acids is 1. The zero-order chi connectivity index (χ0) is 23.0. The summed E-state index contributed by atoms with van der Waals surface area (Å²) in [4.78, 5) is 33.5. The summed E-state index contributed by atoms with van der Waals surface area (Å²) in [6, 6.07) is 7.75. The zero-order valence-corrected chi connectivity index (χ0v) is 17.3. The van der Waals surface area contributed by atoms with E-state index in [9.17, 15) is 31.2 Å². The molecule has 0 unspecified atom stereocenters. The summed E-state index contributed by atoms with van der Waals surface area (Å²) in [7, 11) is -5.36. The van der Waals surface area contributed by atoms with Crippen molar-refractivity contribution < 1.29 is 35.3 Å². The first-order valence-electron chi connectivity index (χ1n) is 8.16. The average Bonchev–Trinajstić information content (AvgIpc) is 2.72. The molecule has 9 nitrogen and oxygen atoms in total. The van der Waals surface area contributed by atoms with Gasteiger partial charge >= 0.3 is 21.6 Å². The van der Waals surface area contributed by atoms with E-state index in [-0.39, 0.29) is 16.5 Å². The predicted molar refractivity (Wildman–Crippen MR) is 104 cm³/mol. The van der Waals surface area contributed by atoms with Crippen molar-refractivity contribution in [1.82, 2.24) is 14.5 Å². The smallest absolute Gasteiger partial charge is 0.465 e. The molecule has 0 atom stereocenters. The van der Waals surface area contributed by atoms with Crippen molar-refractivity contribution >= 4 is 38.9 Å². The van der Waals surface area contributed by atoms with Crippen LogP contribution in [0, 0.1) is 0 Å². The second kappa shape index (κ2) is 8.19. The molecule has 14 heteroatoms. The van der Waals surface area contributed by atoms with Crippen LogP contribution in [0.1, 0.15) is 10.4 Å². The minimum absolute atomic E-state index is 0.132. The highest BCUT2D eigenvalue weighted by Gasteiger charge is 2.49. The fourth-order valence-electron chi connectivity index (χ4n) is 2.57. The van der Waals surface area contributed by atoms with Crippen LogP contribution >= 0.6 is 11.8 Å². The van der Waals surface area contributed by atoms with Gasteiger partial charge in [-0.15, -0.1) is 0 Å². The van der Waals surface area contributed by atoms with E-state index >= 15 is 0 Å². The first-order valence-corrected chi connectivity index (χ1v) is 10.8. The van der Waals surface area contributed by atoms with E-state index in [1.165, 1.54) is 12.1 Å². The summed E-state index contributed by atoms with van der Waals surface area (Å²) in [5.74, 6) is -2.58. The maximum atomic E-state index is 13.2. The van der Waals surface area contributed by atoms with Gasteiger partial charge in [0.15, 0.2) is 22.1 Å². The van der Waals surface area contributed by atoms with Crippen molar-refractivity contribution in [3.05, 3.63) is 52.4 Å². The van der Waals surface area contributed by atoms with E-state index in [1.807, 2.05) is 0 Å². The molecule has 3 aromatic rings. The molecule has 0 N–H and O–H groups in total. The Morgan fingerprint density at radius 1 is 1.19 bits per heavy atom. The van der Waals surface area contributed by atoms with Gasteiger partial charge in [0.05, 0.1) is 18.2 Å². The largest absolute Gasteiger partial charge is 0.534 e. The highest BCUT2D eigenvalue weighted by Crippen LogP contribution is 2.34. The molecule has 164 valence electrons. The third kappa shape index (κ3) is 4.07. The molecule has 3 rings (SSSR count). The Balaban J connectivity index is 2.52. The molecule has 1 aromatic carbocycles. The maximum absolute atomic E-state index is 13.2. The molecule has 2 heterocycles. The number of rotatable bonds is 5. The summed E-state index contributed by atoms with van der Waals surface area (Å²) >= 11 is 1.06. The van der Waals surface area contributed by atoms with Crippen LogP contribution in [0.4, 0.5) is 13.2 Å². The third-order valence-corrected chi connectivity index (χ3v) is 5.42. The Kier molecular flexibility index (Phi) is 5.96. The van der Waals surface area contributed by atoms with Crippen molar-refractivity contribution in [3.63, 3.8) is 0 Å². The van der Waals surface area contributed by atoms with Gasteiger partial charge in [0.1, 0.15) is 0 Å². The van der Waals surface area contributed by atoms with E-state index < -0.39 is 43.9 Å². The summed E-state index contributed by atoms with van der Waals surface area (Å²) in [5, 5.41) is -0.290. The lowest BCUT2D eigenvalue weighted by atomic mass is 10.1. The number of aromatic nitrogens is 3. The Morgan fingerprint density at radius 3 is 2.39 bits per heavy atom. The summed E-state index contributed by atoms with van der Waals surface area (Å²) in [5.41, 5.74) is -8.13. The predicted octanol–water partition coefficient (Wildman–Crippen LogP) is 2.52. The third-order valence-electron chi connectivity index (χ3n) is 3.91. The van der Waals surface area contributed by atoms with Gasteiger partial charge in [0, 0.05) is 6.20 Å². The van der Waals surface area contributed by atoms with Crippen molar-refractivity contribution in [1.29, 1.82) is 0 Å². The maximum Gasteiger partial charge on any atom is 0.534 e. The molecule has 31 heavy (non-hydrogen) atoms. The normalized spacial score (nSPS) is 12.0. The fourth-order valence-corrected chi connectivity index (χ4v) is 3.39. The van der Waals surface area contributed by atoms with Crippen LogP contribution in [0.2, 0.25) is 0 Å². The van der Waals surface area contributed by atoms with Crippen LogP contribution in [-0.4, -0.2) is 47.8 Å². The number of carbonyl (C=O) groups is 1. The number of hydrogen-bond acceptors (Lipinski definition) is 9. The molecule has 0 saturated carbocycles. The highest BCUT2D eigenvalue weighted by atomic mass is 32.2. The van der Waals surface area contributed by atoms with Crippen LogP contribution in [0.25, 0.3) is 16.7 Å². The van der Waals surface area contributed by atoms with Crippen LogP contribution in [0.3, 0.4) is 0 Å². The molecule has 0 spiro atoms. The van der Waals surface area contributed by atoms with Gasteiger partial charge in [0.2, 0.25) is 0 Å². The van der Waals surface area contributed by atoms with E-state index in [4.69, 9.17) is 0 Å². The van der Waals surface area contributed by atoms with Crippen molar-refractivity contribution in [2.45, 2.75) is 10.7 Å². The van der Waals surface area contributed by atoms with Crippen molar-refractivity contribution in [2.75, 3.05) is 13.4 Å². The molecule has 0 aliphatic rings. The van der Waals surface area contributed by atoms with Gasteiger partial charge in [-0.2, -0.15) is 21.6 Å². The minimum Gasteiger partial charge on any atom is -0.465 e. The number of hydrogen-bond donors (Lipinski definition) is 0. The summed E-state index contributed by atoms with van der Waals surface area (Å²) in [6.07, 6.45) is 2.57. The first kappa shape index (κ1) is 22.6. The fraction of sp³-hybridized carbons (Fsp3) is 0.176. The van der Waals surface area contributed by atoms with Crippen LogP contribution in [0.15, 0.2) is 46.5 Å². The second-order valence-corrected chi connectivity index (χ2v) is 8.06. The van der Waals surface area contributed by atoms with Gasteiger partial charge in [-0.25, -0.2) is 14.8 Å². The number of alkyl halides is 3. The lowest BCUT2D eigenvalue weighted by Gasteiger charge is -2.17. The first-order chi connectivity index (χ1) is 14.5. The lowest BCUT2D eigenvalue weighted by molar-refractivity contribution is -0.0500. The van der Waals surface area contributed by atoms with Gasteiger partial charge in [-0.05, 0) is 18.4 Å². The number of pyridine rings is 1. The molecule has 0 amide bonds. The van der Waals surface area contributed by atoms with E-state index in [1.54, 1.807) is 24.5 Å². The van der Waals surface area contributed by atoms with Crippen molar-refractivity contribution in [2.24, 2.45) is 0 Å². The standard InChI is InChI=1S/C17H12F3N3O6S2/c1-28-15(25)11-12(29-31(26,27)17(18,19)20)10-8-21-16(30-2)22-13(10)23(14(11)24)9-6-4-3-5-7-9/h3-8H,1-2H3. The molecule has 0 bridgehead atoms. The van der Waals surface area contributed by atoms with Crippen LogP contribution in [-0.2, 0) is 14.9 Å². The lowest BCUT2D eigenvalue weighted by Crippen LogP contribution is -2.32. The SMILES string of the molecule is COC(=O)c1c(OS(=O)(=O)C(F)(F)F)c2cnc(SC)nc2n(-c2ccccc2)c1=O. The number of nitrogens with zero attached hydrogens (tertiary/aromatic N) is 3. The topological polar surface area (TPSA) is 117 Å². The minimum atomic E-state index is -6.23. The Hall–Kier alpha value is -3.13. The molecule has 0 aliphatic heterocycles. The number of esters is 1.